The predicted molar refractivity (Wildman–Crippen MR) is 225 cm³/mol. The summed E-state index contributed by atoms with van der Waals surface area (Å²) in [5, 5.41) is 6.87. The summed E-state index contributed by atoms with van der Waals surface area (Å²) in [5.41, 5.74) is 13.4. The maximum Gasteiger partial charge on any atom is 0.155 e. The molecule has 0 fully saturated rings. The molecule has 1 aliphatic rings. The number of para-hydroxylation sites is 5. The zero-order valence-corrected chi connectivity index (χ0v) is 29.3. The summed E-state index contributed by atoms with van der Waals surface area (Å²) in [6.45, 7) is 0. The summed E-state index contributed by atoms with van der Waals surface area (Å²) in [5.74, 6) is 0.770. The van der Waals surface area contributed by atoms with Crippen LogP contribution in [-0.2, 0) is 0 Å². The maximum absolute atomic E-state index is 6.83. The monoisotopic (exact) mass is 691 g/mol. The zero-order chi connectivity index (χ0) is 35.6. The number of hydrogen-bond donors (Lipinski definition) is 0. The topological polar surface area (TPSA) is 22.3 Å². The molecule has 2 aromatic heterocycles. The lowest BCUT2D eigenvalue weighted by Gasteiger charge is -2.27. The van der Waals surface area contributed by atoms with Gasteiger partial charge in [0.15, 0.2) is 5.75 Å². The van der Waals surface area contributed by atoms with E-state index >= 15 is 0 Å². The van der Waals surface area contributed by atoms with Crippen LogP contribution in [0.3, 0.4) is 0 Å². The summed E-state index contributed by atoms with van der Waals surface area (Å²) >= 11 is 0. The molecular formula is C50H33N3O. The molecule has 1 aliphatic heterocycles. The molecule has 0 unspecified atom stereocenters. The maximum atomic E-state index is 6.83. The molecule has 54 heavy (non-hydrogen) atoms. The Morgan fingerprint density at radius 3 is 1.50 bits per heavy atom. The van der Waals surface area contributed by atoms with Crippen LogP contribution in [0.5, 0.6) is 5.75 Å². The van der Waals surface area contributed by atoms with Crippen molar-refractivity contribution in [2.24, 2.45) is 0 Å². The van der Waals surface area contributed by atoms with E-state index in [2.05, 4.69) is 179 Å². The largest absolute Gasteiger partial charge is 0.375 e. The van der Waals surface area contributed by atoms with E-state index in [0.717, 1.165) is 56.3 Å². The second-order valence-corrected chi connectivity index (χ2v) is 13.8. The Labute approximate surface area is 312 Å². The van der Waals surface area contributed by atoms with Crippen molar-refractivity contribution < 1.29 is 4.84 Å². The van der Waals surface area contributed by atoms with Crippen LogP contribution in [0.25, 0.3) is 78.3 Å². The minimum atomic E-state index is 0.770. The van der Waals surface area contributed by atoms with E-state index in [-0.39, 0.29) is 0 Å². The second-order valence-electron chi connectivity index (χ2n) is 13.8. The molecule has 0 N–H and O–H groups in total. The van der Waals surface area contributed by atoms with Gasteiger partial charge in [-0.1, -0.05) is 121 Å². The van der Waals surface area contributed by atoms with Crippen molar-refractivity contribution >= 4 is 67.1 Å². The minimum absolute atomic E-state index is 0.770. The lowest BCUT2D eigenvalue weighted by Crippen LogP contribution is -2.22. The molecule has 0 amide bonds. The molecule has 0 atom stereocenters. The van der Waals surface area contributed by atoms with Crippen molar-refractivity contribution in [1.82, 2.24) is 9.13 Å². The first-order chi connectivity index (χ1) is 26.8. The molecule has 0 aliphatic carbocycles. The van der Waals surface area contributed by atoms with Crippen LogP contribution >= 0.6 is 0 Å². The molecule has 10 aromatic rings. The minimum Gasteiger partial charge on any atom is -0.375 e. The van der Waals surface area contributed by atoms with Crippen molar-refractivity contribution in [3.8, 4) is 28.3 Å². The van der Waals surface area contributed by atoms with Gasteiger partial charge in [0.25, 0.3) is 0 Å². The van der Waals surface area contributed by atoms with Gasteiger partial charge in [-0.2, -0.15) is 5.06 Å². The number of rotatable bonds is 5. The summed E-state index contributed by atoms with van der Waals surface area (Å²) in [6, 6.07) is 66.8. The highest BCUT2D eigenvalue weighted by Crippen LogP contribution is 2.44. The SMILES string of the molecule is C1=Cc2cc3c(cc2N(Oc2ccccc2)c2ccc(-c4ccc5c6ccccc6n(-c6ccccc6)c5c4)cc21)c1ccccc1n3-c1ccccc1. The first kappa shape index (κ1) is 30.3. The second kappa shape index (κ2) is 12.1. The van der Waals surface area contributed by atoms with Crippen LogP contribution in [0, 0.1) is 0 Å². The number of aromatic nitrogens is 2. The average Bonchev–Trinajstić information content (AvgIpc) is 3.69. The Morgan fingerprint density at radius 1 is 0.333 bits per heavy atom. The molecule has 4 nitrogen and oxygen atoms in total. The highest BCUT2D eigenvalue weighted by molar-refractivity contribution is 6.12. The van der Waals surface area contributed by atoms with Crippen LogP contribution < -0.4 is 9.90 Å². The van der Waals surface area contributed by atoms with E-state index in [1.54, 1.807) is 0 Å². The summed E-state index contributed by atoms with van der Waals surface area (Å²) in [7, 11) is 0. The highest BCUT2D eigenvalue weighted by atomic mass is 16.7. The van der Waals surface area contributed by atoms with Gasteiger partial charge >= 0.3 is 0 Å². The number of hydrogen-bond acceptors (Lipinski definition) is 2. The third-order valence-corrected chi connectivity index (χ3v) is 10.7. The van der Waals surface area contributed by atoms with Crippen LogP contribution in [-0.4, -0.2) is 9.13 Å². The molecule has 8 aromatic carbocycles. The van der Waals surface area contributed by atoms with Crippen molar-refractivity contribution in [1.29, 1.82) is 0 Å². The van der Waals surface area contributed by atoms with Crippen LogP contribution in [0.4, 0.5) is 11.4 Å². The molecule has 0 saturated carbocycles. The summed E-state index contributed by atoms with van der Waals surface area (Å²) in [6.07, 6.45) is 4.46. The van der Waals surface area contributed by atoms with Crippen LogP contribution in [0.2, 0.25) is 0 Å². The van der Waals surface area contributed by atoms with Crippen LogP contribution in [0.15, 0.2) is 188 Å². The number of fused-ring (bicyclic) bond motifs is 8. The van der Waals surface area contributed by atoms with Gasteiger partial charge in [-0.25, -0.2) is 0 Å². The normalized spacial score (nSPS) is 12.3. The fraction of sp³-hybridized carbons (Fsp3) is 0. The lowest BCUT2D eigenvalue weighted by atomic mass is 10.00. The van der Waals surface area contributed by atoms with Crippen molar-refractivity contribution in [2.45, 2.75) is 0 Å². The van der Waals surface area contributed by atoms with E-state index in [1.807, 2.05) is 35.4 Å². The van der Waals surface area contributed by atoms with E-state index in [0.29, 0.717) is 0 Å². The average molecular weight is 692 g/mol. The van der Waals surface area contributed by atoms with Crippen molar-refractivity contribution in [3.63, 3.8) is 0 Å². The molecule has 11 rings (SSSR count). The number of anilines is 2. The third-order valence-electron chi connectivity index (χ3n) is 10.7. The Hall–Kier alpha value is -7.30. The van der Waals surface area contributed by atoms with Crippen LogP contribution in [0.1, 0.15) is 11.1 Å². The molecule has 0 saturated heterocycles. The van der Waals surface area contributed by atoms with Gasteiger partial charge in [0.1, 0.15) is 0 Å². The first-order valence-electron chi connectivity index (χ1n) is 18.4. The molecule has 254 valence electrons. The van der Waals surface area contributed by atoms with Gasteiger partial charge in [-0.05, 0) is 90.0 Å². The fourth-order valence-corrected chi connectivity index (χ4v) is 8.24. The zero-order valence-electron chi connectivity index (χ0n) is 29.3. The van der Waals surface area contributed by atoms with Gasteiger partial charge in [0, 0.05) is 44.0 Å². The molecular weight excluding hydrogens is 659 g/mol. The highest BCUT2D eigenvalue weighted by Gasteiger charge is 2.24. The molecule has 3 heterocycles. The standard InChI is InChI=1S/C50H33N3O/c1-4-14-38(15-5-1)51-46-22-12-10-20-41(46)43-28-26-35(31-49(43)51)34-27-29-45-36(30-34)24-25-37-32-50-44(33-48(37)53(45)54-40-18-8-3-9-19-40)42-21-11-13-23-47(42)52(50)39-16-6-2-7-17-39/h1-33H. The van der Waals surface area contributed by atoms with E-state index in [1.165, 1.54) is 38.1 Å². The Bertz CT molecular complexity index is 3070. The van der Waals surface area contributed by atoms with Gasteiger partial charge < -0.3 is 14.0 Å². The smallest absolute Gasteiger partial charge is 0.155 e. The number of nitrogens with zero attached hydrogens (tertiary/aromatic N) is 3. The first-order valence-corrected chi connectivity index (χ1v) is 18.4. The quantitative estimate of drug-likeness (QED) is 0.179. The van der Waals surface area contributed by atoms with E-state index in [9.17, 15) is 0 Å². The summed E-state index contributed by atoms with van der Waals surface area (Å²) < 4.78 is 4.74. The van der Waals surface area contributed by atoms with Gasteiger partial charge in [0.05, 0.1) is 33.4 Å². The van der Waals surface area contributed by atoms with Gasteiger partial charge in [0.2, 0.25) is 0 Å². The number of benzene rings is 8. The summed E-state index contributed by atoms with van der Waals surface area (Å²) in [4.78, 5) is 6.83. The molecule has 0 bridgehead atoms. The van der Waals surface area contributed by atoms with E-state index < -0.39 is 0 Å². The Morgan fingerprint density at radius 2 is 0.833 bits per heavy atom. The Balaban J connectivity index is 1.10. The predicted octanol–water partition coefficient (Wildman–Crippen LogP) is 13.2. The van der Waals surface area contributed by atoms with Gasteiger partial charge in [-0.15, -0.1) is 0 Å². The van der Waals surface area contributed by atoms with E-state index in [4.69, 9.17) is 4.84 Å². The van der Waals surface area contributed by atoms with Crippen molar-refractivity contribution in [2.75, 3.05) is 5.06 Å². The molecule has 4 heteroatoms. The van der Waals surface area contributed by atoms with Gasteiger partial charge in [-0.3, -0.25) is 0 Å². The Kier molecular flexibility index (Phi) is 6.82. The van der Waals surface area contributed by atoms with Crippen molar-refractivity contribution in [3.05, 3.63) is 199 Å². The molecule has 0 spiro atoms. The fourth-order valence-electron chi connectivity index (χ4n) is 8.24. The lowest BCUT2D eigenvalue weighted by molar-refractivity contribution is 0.324. The third kappa shape index (κ3) is 4.78. The molecule has 0 radical (unpaired) electrons.